The summed E-state index contributed by atoms with van der Waals surface area (Å²) in [4.78, 5) is 11.7. The third-order valence-electron chi connectivity index (χ3n) is 2.50. The van der Waals surface area contributed by atoms with Crippen LogP contribution in [0, 0.1) is 0 Å². The molecule has 0 aliphatic rings. The van der Waals surface area contributed by atoms with Crippen LogP contribution in [0.4, 0.5) is 0 Å². The summed E-state index contributed by atoms with van der Waals surface area (Å²) in [6, 6.07) is 4.83. The number of hydrogen-bond donors (Lipinski definition) is 3. The summed E-state index contributed by atoms with van der Waals surface area (Å²) in [5.41, 5.74) is 3.06. The van der Waals surface area contributed by atoms with Gasteiger partial charge < -0.3 is 9.84 Å². The molecule has 7 nitrogen and oxygen atoms in total. The van der Waals surface area contributed by atoms with E-state index in [-0.39, 0.29) is 11.4 Å². The minimum Gasteiger partial charge on any atom is -0.507 e. The summed E-state index contributed by atoms with van der Waals surface area (Å²) < 4.78 is 5.80. The van der Waals surface area contributed by atoms with Crippen molar-refractivity contribution in [2.24, 2.45) is 5.10 Å². The second kappa shape index (κ2) is 6.89. The maximum Gasteiger partial charge on any atom is 0.290 e. The van der Waals surface area contributed by atoms with E-state index < -0.39 is 5.91 Å². The second-order valence-corrected chi connectivity index (χ2v) is 4.80. The summed E-state index contributed by atoms with van der Waals surface area (Å²) in [6.45, 7) is 2.37. The predicted octanol–water partition coefficient (Wildman–Crippen LogP) is 2.04. The number of hydrogen-bond acceptors (Lipinski definition) is 5. The third-order valence-corrected chi connectivity index (χ3v) is 3.10. The molecule has 1 aromatic heterocycles. The van der Waals surface area contributed by atoms with Gasteiger partial charge in [-0.1, -0.05) is 0 Å². The van der Waals surface area contributed by atoms with Crippen molar-refractivity contribution in [3.05, 3.63) is 40.1 Å². The summed E-state index contributed by atoms with van der Waals surface area (Å²) in [6.07, 6.45) is 2.81. The van der Waals surface area contributed by atoms with Crippen LogP contribution in [0.15, 0.2) is 34.0 Å². The monoisotopic (exact) mass is 352 g/mol. The lowest BCUT2D eigenvalue weighted by molar-refractivity contribution is 0.0949. The quantitative estimate of drug-likeness (QED) is 0.566. The molecule has 21 heavy (non-hydrogen) atoms. The highest BCUT2D eigenvalue weighted by molar-refractivity contribution is 9.10. The first-order valence-corrected chi connectivity index (χ1v) is 6.89. The summed E-state index contributed by atoms with van der Waals surface area (Å²) in [5.74, 6) is 0.139. The maximum absolute atomic E-state index is 11.7. The number of aromatic hydroxyl groups is 1. The Labute approximate surface area is 129 Å². The molecule has 110 valence electrons. The first kappa shape index (κ1) is 15.0. The van der Waals surface area contributed by atoms with Crippen LogP contribution < -0.4 is 10.2 Å². The molecule has 0 unspecified atom stereocenters. The molecule has 3 N–H and O–H groups in total. The minimum atomic E-state index is -0.443. The van der Waals surface area contributed by atoms with E-state index in [4.69, 9.17) is 4.74 Å². The molecule has 0 fully saturated rings. The normalized spacial score (nSPS) is 10.8. The molecule has 0 bridgehead atoms. The lowest BCUT2D eigenvalue weighted by Gasteiger charge is -2.04. The number of halogens is 1. The number of nitrogens with one attached hydrogen (secondary N) is 2. The second-order valence-electron chi connectivity index (χ2n) is 3.95. The highest BCUT2D eigenvalue weighted by Gasteiger charge is 2.10. The number of benzene rings is 1. The molecular formula is C13H13BrN4O3. The van der Waals surface area contributed by atoms with Gasteiger partial charge in [-0.2, -0.15) is 10.2 Å². The van der Waals surface area contributed by atoms with Gasteiger partial charge in [0, 0.05) is 11.6 Å². The zero-order valence-electron chi connectivity index (χ0n) is 11.1. The number of rotatable bonds is 5. The van der Waals surface area contributed by atoms with Crippen molar-refractivity contribution in [3.8, 4) is 11.5 Å². The molecule has 2 aromatic rings. The van der Waals surface area contributed by atoms with Crippen molar-refractivity contribution in [2.45, 2.75) is 6.92 Å². The van der Waals surface area contributed by atoms with E-state index in [2.05, 4.69) is 36.7 Å². The first-order chi connectivity index (χ1) is 10.1. The molecule has 0 radical (unpaired) electrons. The fraction of sp³-hybridized carbons (Fsp3) is 0.154. The lowest BCUT2D eigenvalue weighted by Crippen LogP contribution is -2.18. The number of carbonyl (C=O) groups excluding carboxylic acids is 1. The zero-order chi connectivity index (χ0) is 15.2. The topological polar surface area (TPSA) is 99.6 Å². The van der Waals surface area contributed by atoms with E-state index in [1.807, 2.05) is 6.92 Å². The summed E-state index contributed by atoms with van der Waals surface area (Å²) in [7, 11) is 0. The molecule has 8 heteroatoms. The maximum atomic E-state index is 11.7. The third kappa shape index (κ3) is 3.82. The van der Waals surface area contributed by atoms with Gasteiger partial charge in [-0.3, -0.25) is 9.89 Å². The van der Waals surface area contributed by atoms with Crippen LogP contribution in [0.1, 0.15) is 23.0 Å². The number of phenolic OH excluding ortho intramolecular Hbond substituents is 1. The van der Waals surface area contributed by atoms with Crippen molar-refractivity contribution >= 4 is 28.1 Å². The number of H-pyrrole nitrogens is 1. The standard InChI is InChI=1S/C13H13BrN4O3/c1-2-21-9-4-3-8(11(19)5-9)6-15-18-13(20)12-10(14)7-16-17-12/h3-7,19H,2H2,1H3,(H,16,17)(H,18,20)/b15-6+. The average molecular weight is 353 g/mol. The van der Waals surface area contributed by atoms with Gasteiger partial charge in [-0.15, -0.1) is 0 Å². The fourth-order valence-electron chi connectivity index (χ4n) is 1.54. The lowest BCUT2D eigenvalue weighted by atomic mass is 10.2. The molecule has 0 spiro atoms. The molecule has 0 saturated heterocycles. The average Bonchev–Trinajstić information content (AvgIpc) is 2.88. The smallest absolute Gasteiger partial charge is 0.290 e. The Hall–Kier alpha value is -2.35. The van der Waals surface area contributed by atoms with Crippen molar-refractivity contribution in [2.75, 3.05) is 6.61 Å². The van der Waals surface area contributed by atoms with Crippen LogP contribution in [-0.2, 0) is 0 Å². The number of ether oxygens (including phenoxy) is 1. The van der Waals surface area contributed by atoms with Crippen molar-refractivity contribution in [3.63, 3.8) is 0 Å². The van der Waals surface area contributed by atoms with Crippen LogP contribution in [-0.4, -0.2) is 34.0 Å². The number of amides is 1. The van der Waals surface area contributed by atoms with E-state index in [0.29, 0.717) is 22.4 Å². The SMILES string of the molecule is CCOc1ccc(/C=N/NC(=O)c2[nH]ncc2Br)c(O)c1. The van der Waals surface area contributed by atoms with Gasteiger partial charge in [0.2, 0.25) is 0 Å². The predicted molar refractivity (Wildman–Crippen MR) is 80.6 cm³/mol. The van der Waals surface area contributed by atoms with Gasteiger partial charge in [0.05, 0.1) is 23.5 Å². The molecule has 0 aliphatic carbocycles. The van der Waals surface area contributed by atoms with E-state index in [0.717, 1.165) is 0 Å². The van der Waals surface area contributed by atoms with Gasteiger partial charge in [0.1, 0.15) is 17.2 Å². The van der Waals surface area contributed by atoms with Crippen LogP contribution in [0.5, 0.6) is 11.5 Å². The number of phenols is 1. The number of carbonyl (C=O) groups is 1. The molecule has 2 rings (SSSR count). The Balaban J connectivity index is 2.01. The Bertz CT molecular complexity index is 669. The van der Waals surface area contributed by atoms with E-state index in [1.165, 1.54) is 18.5 Å². The Kier molecular flexibility index (Phi) is 4.94. The fourth-order valence-corrected chi connectivity index (χ4v) is 1.91. The number of nitrogens with zero attached hydrogens (tertiary/aromatic N) is 2. The highest BCUT2D eigenvalue weighted by Crippen LogP contribution is 2.22. The van der Waals surface area contributed by atoms with Gasteiger partial charge in [0.25, 0.3) is 5.91 Å². The first-order valence-electron chi connectivity index (χ1n) is 6.10. The van der Waals surface area contributed by atoms with Crippen molar-refractivity contribution in [1.82, 2.24) is 15.6 Å². The Morgan fingerprint density at radius 1 is 1.62 bits per heavy atom. The minimum absolute atomic E-state index is 0.0154. The number of hydrazone groups is 1. The van der Waals surface area contributed by atoms with Crippen LogP contribution in [0.3, 0.4) is 0 Å². The molecular weight excluding hydrogens is 340 g/mol. The van der Waals surface area contributed by atoms with Crippen LogP contribution in [0.25, 0.3) is 0 Å². The molecule has 1 heterocycles. The van der Waals surface area contributed by atoms with E-state index in [1.54, 1.807) is 12.1 Å². The van der Waals surface area contributed by atoms with Gasteiger partial charge in [-0.25, -0.2) is 5.43 Å². The van der Waals surface area contributed by atoms with Crippen LogP contribution >= 0.6 is 15.9 Å². The van der Waals surface area contributed by atoms with Crippen LogP contribution in [0.2, 0.25) is 0 Å². The highest BCUT2D eigenvalue weighted by atomic mass is 79.9. The molecule has 0 saturated carbocycles. The largest absolute Gasteiger partial charge is 0.507 e. The number of aromatic nitrogens is 2. The zero-order valence-corrected chi connectivity index (χ0v) is 12.7. The van der Waals surface area contributed by atoms with Gasteiger partial charge in [-0.05, 0) is 35.0 Å². The Morgan fingerprint density at radius 2 is 2.43 bits per heavy atom. The van der Waals surface area contributed by atoms with Crippen molar-refractivity contribution in [1.29, 1.82) is 0 Å². The van der Waals surface area contributed by atoms with Gasteiger partial charge >= 0.3 is 0 Å². The number of aromatic amines is 1. The van der Waals surface area contributed by atoms with Crippen molar-refractivity contribution < 1.29 is 14.6 Å². The van der Waals surface area contributed by atoms with E-state index >= 15 is 0 Å². The molecule has 0 atom stereocenters. The van der Waals surface area contributed by atoms with E-state index in [9.17, 15) is 9.90 Å². The molecule has 0 aliphatic heterocycles. The molecule has 1 aromatic carbocycles. The summed E-state index contributed by atoms with van der Waals surface area (Å²) in [5, 5.41) is 19.8. The molecule has 1 amide bonds. The summed E-state index contributed by atoms with van der Waals surface area (Å²) >= 11 is 3.18. The van der Waals surface area contributed by atoms with Gasteiger partial charge in [0.15, 0.2) is 0 Å². The Morgan fingerprint density at radius 3 is 3.05 bits per heavy atom.